The lowest BCUT2D eigenvalue weighted by Crippen LogP contribution is -2.32. The number of hydrogen-bond donors (Lipinski definition) is 0. The first kappa shape index (κ1) is 14.1. The Morgan fingerprint density at radius 2 is 2.24 bits per heavy atom. The number of aromatic nitrogens is 4. The molecule has 0 aromatic carbocycles. The molecule has 2 aromatic heterocycles. The van der Waals surface area contributed by atoms with Crippen molar-refractivity contribution in [3.05, 3.63) is 21.7 Å². The molecule has 3 rings (SSSR count). The van der Waals surface area contributed by atoms with Gasteiger partial charge in [0, 0.05) is 20.1 Å². The highest BCUT2D eigenvalue weighted by molar-refractivity contribution is 7.13. The summed E-state index contributed by atoms with van der Waals surface area (Å²) >= 11 is 1.27. The highest BCUT2D eigenvalue weighted by Gasteiger charge is 2.40. The van der Waals surface area contributed by atoms with E-state index in [0.717, 1.165) is 5.01 Å². The Hall–Kier alpha value is -1.87. The van der Waals surface area contributed by atoms with E-state index in [4.69, 9.17) is 9.26 Å². The maximum atomic E-state index is 12.6. The summed E-state index contributed by atoms with van der Waals surface area (Å²) in [7, 11) is 1.63. The maximum Gasteiger partial charge on any atom is 0.285 e. The van der Waals surface area contributed by atoms with Crippen molar-refractivity contribution in [2.75, 3.05) is 13.7 Å². The summed E-state index contributed by atoms with van der Waals surface area (Å²) in [6, 6.07) is -0.284. The van der Waals surface area contributed by atoms with Crippen LogP contribution in [-0.4, -0.2) is 50.9 Å². The molecule has 1 saturated heterocycles. The Labute approximate surface area is 125 Å². The Kier molecular flexibility index (Phi) is 3.68. The van der Waals surface area contributed by atoms with Gasteiger partial charge in [-0.2, -0.15) is 4.98 Å². The van der Waals surface area contributed by atoms with Gasteiger partial charge in [-0.3, -0.25) is 4.79 Å². The molecule has 0 saturated carbocycles. The highest BCUT2D eigenvalue weighted by atomic mass is 32.1. The van der Waals surface area contributed by atoms with E-state index in [1.807, 2.05) is 6.92 Å². The number of methoxy groups -OCH3 is 1. The van der Waals surface area contributed by atoms with E-state index >= 15 is 0 Å². The van der Waals surface area contributed by atoms with Crippen molar-refractivity contribution in [3.8, 4) is 0 Å². The highest BCUT2D eigenvalue weighted by Crippen LogP contribution is 2.33. The molecule has 0 bridgehead atoms. The van der Waals surface area contributed by atoms with Crippen LogP contribution < -0.4 is 0 Å². The standard InChI is InChI=1S/C12H15N5O3S/c1-6-13-10(20-16-6)9-4-8(19-3)5-17(9)12(18)11-15-14-7(2)21-11/h8-9H,4-5H2,1-3H3/t8-,9+/m0/s1. The van der Waals surface area contributed by atoms with Crippen molar-refractivity contribution in [3.63, 3.8) is 0 Å². The fraction of sp³-hybridized carbons (Fsp3) is 0.583. The van der Waals surface area contributed by atoms with Gasteiger partial charge in [0.05, 0.1) is 6.10 Å². The molecule has 2 aromatic rings. The van der Waals surface area contributed by atoms with Crippen LogP contribution in [0.15, 0.2) is 4.52 Å². The van der Waals surface area contributed by atoms with Crippen LogP contribution >= 0.6 is 11.3 Å². The molecule has 21 heavy (non-hydrogen) atoms. The predicted molar refractivity (Wildman–Crippen MR) is 72.9 cm³/mol. The van der Waals surface area contributed by atoms with Crippen molar-refractivity contribution in [1.29, 1.82) is 0 Å². The van der Waals surface area contributed by atoms with Gasteiger partial charge in [-0.1, -0.05) is 16.5 Å². The van der Waals surface area contributed by atoms with Crippen LogP contribution in [0.2, 0.25) is 0 Å². The van der Waals surface area contributed by atoms with Gasteiger partial charge in [-0.25, -0.2) is 0 Å². The molecule has 1 amide bonds. The second kappa shape index (κ2) is 5.49. The van der Waals surface area contributed by atoms with E-state index < -0.39 is 0 Å². The summed E-state index contributed by atoms with van der Waals surface area (Å²) < 4.78 is 10.6. The zero-order valence-corrected chi connectivity index (χ0v) is 12.8. The molecule has 0 radical (unpaired) electrons. The van der Waals surface area contributed by atoms with Crippen LogP contribution in [0.3, 0.4) is 0 Å². The second-order valence-corrected chi connectivity index (χ2v) is 6.05. The topological polar surface area (TPSA) is 94.2 Å². The molecule has 1 aliphatic heterocycles. The lowest BCUT2D eigenvalue weighted by Gasteiger charge is -2.19. The van der Waals surface area contributed by atoms with Gasteiger partial charge in [0.1, 0.15) is 11.0 Å². The molecular formula is C12H15N5O3S. The minimum absolute atomic E-state index is 0.0554. The summed E-state index contributed by atoms with van der Waals surface area (Å²) in [5, 5.41) is 12.7. The fourth-order valence-electron chi connectivity index (χ4n) is 2.38. The molecule has 0 spiro atoms. The number of aryl methyl sites for hydroxylation is 2. The van der Waals surface area contributed by atoms with Crippen molar-refractivity contribution in [1.82, 2.24) is 25.2 Å². The monoisotopic (exact) mass is 309 g/mol. The number of amides is 1. The predicted octanol–water partition coefficient (Wildman–Crippen LogP) is 1.14. The van der Waals surface area contributed by atoms with E-state index in [1.165, 1.54) is 11.3 Å². The second-order valence-electron chi connectivity index (χ2n) is 4.87. The molecule has 0 N–H and O–H groups in total. The number of carbonyl (C=O) groups is 1. The van der Waals surface area contributed by atoms with Gasteiger partial charge >= 0.3 is 0 Å². The number of hydrogen-bond acceptors (Lipinski definition) is 8. The fourth-order valence-corrected chi connectivity index (χ4v) is 3.03. The molecular weight excluding hydrogens is 294 g/mol. The zero-order valence-electron chi connectivity index (χ0n) is 11.9. The van der Waals surface area contributed by atoms with Crippen LogP contribution in [0.25, 0.3) is 0 Å². The van der Waals surface area contributed by atoms with Gasteiger partial charge < -0.3 is 14.2 Å². The van der Waals surface area contributed by atoms with Crippen molar-refractivity contribution < 1.29 is 14.1 Å². The molecule has 3 heterocycles. The molecule has 0 unspecified atom stereocenters. The largest absolute Gasteiger partial charge is 0.380 e. The summed E-state index contributed by atoms with van der Waals surface area (Å²) in [6.07, 6.45) is 0.571. The van der Waals surface area contributed by atoms with Gasteiger partial charge in [0.2, 0.25) is 10.9 Å². The average Bonchev–Trinajstić information content (AvgIpc) is 3.16. The van der Waals surface area contributed by atoms with Crippen LogP contribution in [0.5, 0.6) is 0 Å². The lowest BCUT2D eigenvalue weighted by atomic mass is 10.2. The van der Waals surface area contributed by atoms with Crippen LogP contribution in [0.1, 0.15) is 39.0 Å². The third-order valence-electron chi connectivity index (χ3n) is 3.39. The SMILES string of the molecule is CO[C@H]1C[C@H](c2nc(C)no2)N(C(=O)c2nnc(C)s2)C1. The Balaban J connectivity index is 1.88. The number of nitrogens with zero attached hydrogens (tertiary/aromatic N) is 5. The summed E-state index contributed by atoms with van der Waals surface area (Å²) in [5.74, 6) is 0.799. The molecule has 9 heteroatoms. The van der Waals surface area contributed by atoms with Crippen molar-refractivity contribution in [2.45, 2.75) is 32.4 Å². The van der Waals surface area contributed by atoms with E-state index in [9.17, 15) is 4.79 Å². The van der Waals surface area contributed by atoms with Crippen LogP contribution in [0.4, 0.5) is 0 Å². The first-order chi connectivity index (χ1) is 10.1. The molecule has 0 aliphatic carbocycles. The van der Waals surface area contributed by atoms with Crippen molar-refractivity contribution in [2.24, 2.45) is 0 Å². The number of rotatable bonds is 3. The molecule has 2 atom stereocenters. The first-order valence-corrected chi connectivity index (χ1v) is 7.34. The Bertz CT molecular complexity index is 655. The van der Waals surface area contributed by atoms with Gasteiger partial charge in [-0.15, -0.1) is 10.2 Å². The normalized spacial score (nSPS) is 22.0. The van der Waals surface area contributed by atoms with E-state index in [2.05, 4.69) is 20.3 Å². The van der Waals surface area contributed by atoms with Gasteiger partial charge in [-0.05, 0) is 13.8 Å². The smallest absolute Gasteiger partial charge is 0.285 e. The van der Waals surface area contributed by atoms with Gasteiger partial charge in [0.25, 0.3) is 5.91 Å². The van der Waals surface area contributed by atoms with E-state index in [1.54, 1.807) is 18.9 Å². The average molecular weight is 309 g/mol. The lowest BCUT2D eigenvalue weighted by molar-refractivity contribution is 0.0669. The molecule has 112 valence electrons. The summed E-state index contributed by atoms with van der Waals surface area (Å²) in [4.78, 5) is 18.5. The quantitative estimate of drug-likeness (QED) is 0.839. The first-order valence-electron chi connectivity index (χ1n) is 6.52. The summed E-state index contributed by atoms with van der Waals surface area (Å²) in [6.45, 7) is 4.03. The Morgan fingerprint density at radius 3 is 2.81 bits per heavy atom. The molecule has 1 aliphatic rings. The minimum atomic E-state index is -0.284. The zero-order chi connectivity index (χ0) is 15.0. The third kappa shape index (κ3) is 2.66. The van der Waals surface area contributed by atoms with Gasteiger partial charge in [0.15, 0.2) is 5.82 Å². The maximum absolute atomic E-state index is 12.6. The molecule has 8 nitrogen and oxygen atoms in total. The van der Waals surface area contributed by atoms with E-state index in [-0.39, 0.29) is 18.1 Å². The van der Waals surface area contributed by atoms with Crippen LogP contribution in [0, 0.1) is 13.8 Å². The number of likely N-dealkylation sites (tertiary alicyclic amines) is 1. The molecule has 1 fully saturated rings. The van der Waals surface area contributed by atoms with E-state index in [0.29, 0.717) is 29.7 Å². The Morgan fingerprint density at radius 1 is 1.43 bits per heavy atom. The van der Waals surface area contributed by atoms with Crippen molar-refractivity contribution >= 4 is 17.2 Å². The number of carbonyl (C=O) groups excluding carboxylic acids is 1. The number of ether oxygens (including phenoxy) is 1. The minimum Gasteiger partial charge on any atom is -0.380 e. The van der Waals surface area contributed by atoms with Crippen LogP contribution in [-0.2, 0) is 4.74 Å². The third-order valence-corrected chi connectivity index (χ3v) is 4.22. The summed E-state index contributed by atoms with van der Waals surface area (Å²) in [5.41, 5.74) is 0.